The molecule has 0 amide bonds. The van der Waals surface area contributed by atoms with Crippen molar-refractivity contribution in [1.29, 1.82) is 0 Å². The summed E-state index contributed by atoms with van der Waals surface area (Å²) in [7, 11) is 0. The van der Waals surface area contributed by atoms with Gasteiger partial charge in [0.1, 0.15) is 6.10 Å². The second-order valence-electron chi connectivity index (χ2n) is 4.37. The van der Waals surface area contributed by atoms with Gasteiger partial charge in [0.25, 0.3) is 0 Å². The highest BCUT2D eigenvalue weighted by Crippen LogP contribution is 2.09. The van der Waals surface area contributed by atoms with Gasteiger partial charge in [-0.25, -0.2) is 0 Å². The molecule has 78 valence electrons. The molecule has 0 N–H and O–H groups in total. The van der Waals surface area contributed by atoms with E-state index in [4.69, 9.17) is 4.74 Å². The van der Waals surface area contributed by atoms with Crippen molar-refractivity contribution >= 4 is 5.97 Å². The number of carbonyl (C=O) groups excluding carboxylic acids is 1. The molecule has 0 spiro atoms. The van der Waals surface area contributed by atoms with E-state index in [1.165, 1.54) is 0 Å². The summed E-state index contributed by atoms with van der Waals surface area (Å²) < 4.78 is 5.22. The molecule has 1 atom stereocenters. The van der Waals surface area contributed by atoms with Gasteiger partial charge in [0.2, 0.25) is 0 Å². The minimum atomic E-state index is -0.0603. The Morgan fingerprint density at radius 3 is 2.08 bits per heavy atom. The van der Waals surface area contributed by atoms with Gasteiger partial charge in [-0.15, -0.1) is 0 Å². The SMILES string of the molecule is CC(C)CCC(=O)O[C@@H](C)C(C)C. The lowest BCUT2D eigenvalue weighted by Gasteiger charge is -2.16. The molecule has 0 aliphatic carbocycles. The number of carbonyl (C=O) groups is 1. The first-order valence-electron chi connectivity index (χ1n) is 5.13. The molecule has 2 nitrogen and oxygen atoms in total. The zero-order chi connectivity index (χ0) is 10.4. The largest absolute Gasteiger partial charge is 0.462 e. The molecule has 0 aliphatic heterocycles. The van der Waals surface area contributed by atoms with Crippen LogP contribution >= 0.6 is 0 Å². The predicted octanol–water partition coefficient (Wildman–Crippen LogP) is 3.01. The first kappa shape index (κ1) is 12.5. The van der Waals surface area contributed by atoms with Gasteiger partial charge in [-0.3, -0.25) is 4.79 Å². The molecule has 0 bridgehead atoms. The van der Waals surface area contributed by atoms with E-state index < -0.39 is 0 Å². The molecule has 0 aromatic carbocycles. The van der Waals surface area contributed by atoms with Crippen molar-refractivity contribution in [1.82, 2.24) is 0 Å². The number of hydrogen-bond acceptors (Lipinski definition) is 2. The van der Waals surface area contributed by atoms with Crippen molar-refractivity contribution in [3.05, 3.63) is 0 Å². The lowest BCUT2D eigenvalue weighted by atomic mass is 10.1. The lowest BCUT2D eigenvalue weighted by molar-refractivity contribution is -0.150. The van der Waals surface area contributed by atoms with Crippen LogP contribution in [0.15, 0.2) is 0 Å². The summed E-state index contributed by atoms with van der Waals surface area (Å²) in [5.74, 6) is 0.916. The fourth-order valence-electron chi connectivity index (χ4n) is 0.809. The highest BCUT2D eigenvalue weighted by Gasteiger charge is 2.12. The maximum absolute atomic E-state index is 11.2. The molecule has 13 heavy (non-hydrogen) atoms. The Kier molecular flexibility index (Phi) is 5.76. The first-order chi connectivity index (χ1) is 5.93. The third-order valence-electron chi connectivity index (χ3n) is 2.18. The van der Waals surface area contributed by atoms with Crippen LogP contribution in [0.4, 0.5) is 0 Å². The summed E-state index contributed by atoms with van der Waals surface area (Å²) in [6.45, 7) is 10.3. The van der Waals surface area contributed by atoms with E-state index in [1.54, 1.807) is 0 Å². The maximum atomic E-state index is 11.2. The Morgan fingerprint density at radius 1 is 1.15 bits per heavy atom. The van der Waals surface area contributed by atoms with Crippen LogP contribution in [0, 0.1) is 11.8 Å². The van der Waals surface area contributed by atoms with Gasteiger partial charge in [-0.1, -0.05) is 27.7 Å². The van der Waals surface area contributed by atoms with Crippen LogP contribution in [-0.2, 0) is 9.53 Å². The third-order valence-corrected chi connectivity index (χ3v) is 2.18. The van der Waals surface area contributed by atoms with Crippen LogP contribution in [0.5, 0.6) is 0 Å². The van der Waals surface area contributed by atoms with Crippen molar-refractivity contribution in [3.63, 3.8) is 0 Å². The summed E-state index contributed by atoms with van der Waals surface area (Å²) in [6, 6.07) is 0. The van der Waals surface area contributed by atoms with E-state index in [1.807, 2.05) is 6.92 Å². The number of esters is 1. The normalized spacial score (nSPS) is 13.5. The molecule has 0 radical (unpaired) electrons. The Hall–Kier alpha value is -0.530. The molecular formula is C11H22O2. The summed E-state index contributed by atoms with van der Waals surface area (Å²) in [4.78, 5) is 11.2. The molecule has 0 heterocycles. The molecule has 0 saturated carbocycles. The summed E-state index contributed by atoms with van der Waals surface area (Å²) in [5, 5.41) is 0. The predicted molar refractivity (Wildman–Crippen MR) is 54.5 cm³/mol. The summed E-state index contributed by atoms with van der Waals surface area (Å²) >= 11 is 0. The fourth-order valence-corrected chi connectivity index (χ4v) is 0.809. The van der Waals surface area contributed by atoms with E-state index in [-0.39, 0.29) is 12.1 Å². The van der Waals surface area contributed by atoms with Gasteiger partial charge < -0.3 is 4.74 Å². The van der Waals surface area contributed by atoms with E-state index >= 15 is 0 Å². The summed E-state index contributed by atoms with van der Waals surface area (Å²) in [6.07, 6.45) is 1.51. The average molecular weight is 186 g/mol. The van der Waals surface area contributed by atoms with Gasteiger partial charge in [0.05, 0.1) is 0 Å². The van der Waals surface area contributed by atoms with Gasteiger partial charge in [0.15, 0.2) is 0 Å². The van der Waals surface area contributed by atoms with Crippen molar-refractivity contribution in [3.8, 4) is 0 Å². The highest BCUT2D eigenvalue weighted by molar-refractivity contribution is 5.69. The molecule has 2 heteroatoms. The second-order valence-corrected chi connectivity index (χ2v) is 4.37. The molecule has 0 rings (SSSR count). The summed E-state index contributed by atoms with van der Waals surface area (Å²) in [5.41, 5.74) is 0. The van der Waals surface area contributed by atoms with E-state index in [2.05, 4.69) is 27.7 Å². The Balaban J connectivity index is 3.62. The lowest BCUT2D eigenvalue weighted by Crippen LogP contribution is -2.20. The standard InChI is InChI=1S/C11H22O2/c1-8(2)6-7-11(12)13-10(5)9(3)4/h8-10H,6-7H2,1-5H3/t10-/m0/s1. The van der Waals surface area contributed by atoms with Gasteiger partial charge >= 0.3 is 5.97 Å². The van der Waals surface area contributed by atoms with Crippen LogP contribution in [-0.4, -0.2) is 12.1 Å². The van der Waals surface area contributed by atoms with Crippen molar-refractivity contribution in [2.45, 2.75) is 53.6 Å². The number of hydrogen-bond donors (Lipinski definition) is 0. The highest BCUT2D eigenvalue weighted by atomic mass is 16.5. The van der Waals surface area contributed by atoms with Crippen molar-refractivity contribution in [2.75, 3.05) is 0 Å². The molecule has 0 fully saturated rings. The minimum Gasteiger partial charge on any atom is -0.462 e. The first-order valence-corrected chi connectivity index (χ1v) is 5.13. The van der Waals surface area contributed by atoms with E-state index in [9.17, 15) is 4.79 Å². The van der Waals surface area contributed by atoms with Crippen LogP contribution in [0.2, 0.25) is 0 Å². The zero-order valence-electron chi connectivity index (χ0n) is 9.46. The van der Waals surface area contributed by atoms with E-state index in [0.717, 1.165) is 6.42 Å². The molecule has 0 aliphatic rings. The van der Waals surface area contributed by atoms with Gasteiger partial charge in [-0.05, 0) is 25.2 Å². The quantitative estimate of drug-likeness (QED) is 0.617. The number of ether oxygens (including phenoxy) is 1. The Morgan fingerprint density at radius 2 is 1.69 bits per heavy atom. The fraction of sp³-hybridized carbons (Fsp3) is 0.909. The number of rotatable bonds is 5. The second kappa shape index (κ2) is 6.01. The van der Waals surface area contributed by atoms with Gasteiger partial charge in [0, 0.05) is 6.42 Å². The van der Waals surface area contributed by atoms with Gasteiger partial charge in [-0.2, -0.15) is 0 Å². The maximum Gasteiger partial charge on any atom is 0.306 e. The smallest absolute Gasteiger partial charge is 0.306 e. The Labute approximate surface area is 81.7 Å². The topological polar surface area (TPSA) is 26.3 Å². The molecule has 0 aromatic heterocycles. The van der Waals surface area contributed by atoms with Crippen LogP contribution in [0.25, 0.3) is 0 Å². The molecule has 0 aromatic rings. The molecular weight excluding hydrogens is 164 g/mol. The average Bonchev–Trinajstić information content (AvgIpc) is 2.00. The Bertz CT molecular complexity index is 150. The van der Waals surface area contributed by atoms with Crippen molar-refractivity contribution < 1.29 is 9.53 Å². The third kappa shape index (κ3) is 6.62. The zero-order valence-corrected chi connectivity index (χ0v) is 9.46. The van der Waals surface area contributed by atoms with E-state index in [0.29, 0.717) is 18.3 Å². The van der Waals surface area contributed by atoms with Crippen LogP contribution in [0.3, 0.4) is 0 Å². The van der Waals surface area contributed by atoms with Crippen LogP contribution < -0.4 is 0 Å². The monoisotopic (exact) mass is 186 g/mol. The van der Waals surface area contributed by atoms with Crippen molar-refractivity contribution in [2.24, 2.45) is 11.8 Å². The molecule has 0 unspecified atom stereocenters. The van der Waals surface area contributed by atoms with Crippen LogP contribution in [0.1, 0.15) is 47.5 Å². The molecule has 0 saturated heterocycles. The minimum absolute atomic E-state index is 0.0414.